The Balaban J connectivity index is 1.13. The maximum atomic E-state index is 13.3. The van der Waals surface area contributed by atoms with Gasteiger partial charge in [0.2, 0.25) is 10.0 Å². The van der Waals surface area contributed by atoms with Gasteiger partial charge in [0.15, 0.2) is 0 Å². The van der Waals surface area contributed by atoms with Crippen molar-refractivity contribution in [2.75, 3.05) is 53.9 Å². The van der Waals surface area contributed by atoms with Gasteiger partial charge in [-0.05, 0) is 88.6 Å². The molecular formula is C32H44N6O4S. The van der Waals surface area contributed by atoms with E-state index in [4.69, 9.17) is 15.2 Å². The summed E-state index contributed by atoms with van der Waals surface area (Å²) in [6.45, 7) is 6.94. The van der Waals surface area contributed by atoms with Crippen LogP contribution in [0.25, 0.3) is 0 Å². The summed E-state index contributed by atoms with van der Waals surface area (Å²) in [5, 5.41) is 0. The Morgan fingerprint density at radius 2 is 1.72 bits per heavy atom. The molecular weight excluding hydrogens is 564 g/mol. The van der Waals surface area contributed by atoms with E-state index in [-0.39, 0.29) is 36.8 Å². The van der Waals surface area contributed by atoms with E-state index in [1.54, 1.807) is 39.3 Å². The lowest BCUT2D eigenvalue weighted by Crippen LogP contribution is -2.56. The molecule has 1 atom stereocenters. The van der Waals surface area contributed by atoms with Crippen LogP contribution < -0.4 is 15.2 Å². The van der Waals surface area contributed by atoms with Gasteiger partial charge in [-0.1, -0.05) is 30.3 Å². The van der Waals surface area contributed by atoms with Crippen LogP contribution in [0.15, 0.2) is 59.6 Å². The summed E-state index contributed by atoms with van der Waals surface area (Å²) in [5.41, 5.74) is 10.0. The van der Waals surface area contributed by atoms with Crippen molar-refractivity contribution in [2.45, 2.75) is 55.7 Å². The topological polar surface area (TPSA) is 114 Å². The molecule has 3 aromatic rings. The lowest BCUT2D eigenvalue weighted by Gasteiger charge is -2.46. The molecule has 5 rings (SSSR count). The third kappa shape index (κ3) is 6.56. The van der Waals surface area contributed by atoms with Gasteiger partial charge in [0.1, 0.15) is 11.9 Å². The Kier molecular flexibility index (Phi) is 9.38. The zero-order chi connectivity index (χ0) is 30.8. The molecule has 0 aliphatic carbocycles. The van der Waals surface area contributed by atoms with Crippen LogP contribution in [0.2, 0.25) is 0 Å². The molecule has 2 aromatic carbocycles. The fourth-order valence-electron chi connectivity index (χ4n) is 6.36. The number of likely N-dealkylation sites (tertiary alicyclic amines) is 1. The van der Waals surface area contributed by atoms with E-state index in [0.29, 0.717) is 21.8 Å². The Morgan fingerprint density at radius 3 is 2.33 bits per heavy atom. The molecule has 1 unspecified atom stereocenters. The van der Waals surface area contributed by atoms with Crippen LogP contribution in [0.4, 0.5) is 0 Å². The minimum absolute atomic E-state index is 0.0571. The molecule has 0 radical (unpaired) electrons. The summed E-state index contributed by atoms with van der Waals surface area (Å²) >= 11 is 0. The summed E-state index contributed by atoms with van der Waals surface area (Å²) in [4.78, 5) is 14.0. The van der Waals surface area contributed by atoms with Gasteiger partial charge in [0.05, 0.1) is 30.8 Å². The fourth-order valence-corrected chi connectivity index (χ4v) is 8.28. The molecule has 0 bridgehead atoms. The molecule has 2 fully saturated rings. The number of aryl methyl sites for hydroxylation is 2. The highest BCUT2D eigenvalue weighted by molar-refractivity contribution is 7.89. The van der Waals surface area contributed by atoms with Crippen LogP contribution in [0, 0.1) is 13.8 Å². The first-order valence-corrected chi connectivity index (χ1v) is 16.3. The van der Waals surface area contributed by atoms with Crippen molar-refractivity contribution in [1.82, 2.24) is 24.1 Å². The molecule has 2 aliphatic rings. The van der Waals surface area contributed by atoms with E-state index >= 15 is 0 Å². The molecule has 0 saturated carbocycles. The van der Waals surface area contributed by atoms with Gasteiger partial charge in [-0.25, -0.2) is 13.4 Å². The fraction of sp³-hybridized carbons (Fsp3) is 0.500. The monoisotopic (exact) mass is 608 g/mol. The summed E-state index contributed by atoms with van der Waals surface area (Å²) < 4.78 is 39.3. The number of hydrogen-bond acceptors (Lipinski definition) is 9. The first kappa shape index (κ1) is 31.3. The number of hydrogen-bond donors (Lipinski definition) is 1. The number of benzene rings is 2. The van der Waals surface area contributed by atoms with Crippen LogP contribution in [-0.4, -0.2) is 92.5 Å². The van der Waals surface area contributed by atoms with Crippen LogP contribution in [-0.2, 0) is 15.6 Å². The quantitative estimate of drug-likeness (QED) is 0.349. The molecule has 2 N–H and O–H groups in total. The Bertz CT molecular complexity index is 1480. The smallest absolute Gasteiger partial charge is 0.316 e. The van der Waals surface area contributed by atoms with Crippen LogP contribution >= 0.6 is 0 Å². The van der Waals surface area contributed by atoms with Crippen molar-refractivity contribution in [1.29, 1.82) is 0 Å². The Labute approximate surface area is 255 Å². The third-order valence-electron chi connectivity index (χ3n) is 9.00. The van der Waals surface area contributed by atoms with Crippen LogP contribution in [0.3, 0.4) is 0 Å². The lowest BCUT2D eigenvalue weighted by molar-refractivity contribution is 0.0526. The van der Waals surface area contributed by atoms with Gasteiger partial charge in [0.25, 0.3) is 0 Å². The van der Waals surface area contributed by atoms with Crippen molar-refractivity contribution >= 4 is 10.0 Å². The van der Waals surface area contributed by atoms with E-state index in [9.17, 15) is 8.42 Å². The zero-order valence-corrected chi connectivity index (χ0v) is 26.7. The van der Waals surface area contributed by atoms with Gasteiger partial charge >= 0.3 is 6.01 Å². The number of piperidine rings is 1. The maximum absolute atomic E-state index is 13.3. The zero-order valence-electron chi connectivity index (χ0n) is 25.9. The van der Waals surface area contributed by atoms with Crippen molar-refractivity contribution in [2.24, 2.45) is 5.73 Å². The summed E-state index contributed by atoms with van der Waals surface area (Å²) in [7, 11) is 2.27. The number of nitrogens with two attached hydrogens (primary N) is 1. The molecule has 2 saturated heterocycles. The standard InChI is InChI=1S/C32H44N6O4S/c1-23-19-26(41-5)20-24(2)30(23)43(39,40)38-21-27(22-38)42-31-34-15-11-29(35-31)28(33)12-16-37-17-13-32(14-18-37,36(3)4)25-9-7-6-8-10-25/h6-11,15,19-20,27-28H,12-14,16-18,21-22,33H2,1-5H3. The molecule has 0 amide bonds. The normalized spacial score (nSPS) is 18.8. The van der Waals surface area contributed by atoms with Crippen molar-refractivity contribution in [3.05, 3.63) is 77.1 Å². The second-order valence-electron chi connectivity index (χ2n) is 11.9. The van der Waals surface area contributed by atoms with E-state index in [0.717, 1.165) is 44.6 Å². The number of aromatic nitrogens is 2. The minimum atomic E-state index is -3.65. The maximum Gasteiger partial charge on any atom is 0.316 e. The molecule has 2 aliphatic heterocycles. The predicted molar refractivity (Wildman–Crippen MR) is 167 cm³/mol. The first-order chi connectivity index (χ1) is 20.5. The van der Waals surface area contributed by atoms with Crippen molar-refractivity contribution in [3.63, 3.8) is 0 Å². The highest BCUT2D eigenvalue weighted by atomic mass is 32.2. The number of nitrogens with zero attached hydrogens (tertiary/aromatic N) is 5. The van der Waals surface area contributed by atoms with Gasteiger partial charge in [-0.3, -0.25) is 4.90 Å². The van der Waals surface area contributed by atoms with Crippen molar-refractivity contribution in [3.8, 4) is 11.8 Å². The molecule has 10 nitrogen and oxygen atoms in total. The molecule has 43 heavy (non-hydrogen) atoms. The summed E-state index contributed by atoms with van der Waals surface area (Å²) in [6, 6.07) is 16.1. The second kappa shape index (κ2) is 12.9. The second-order valence-corrected chi connectivity index (χ2v) is 13.8. The Hall–Kier alpha value is -3.09. The number of sulfonamides is 1. The molecule has 0 spiro atoms. The van der Waals surface area contributed by atoms with E-state index in [1.165, 1.54) is 9.87 Å². The van der Waals surface area contributed by atoms with E-state index in [1.807, 2.05) is 6.07 Å². The van der Waals surface area contributed by atoms with E-state index < -0.39 is 10.0 Å². The van der Waals surface area contributed by atoms with Gasteiger partial charge in [-0.15, -0.1) is 0 Å². The Morgan fingerprint density at radius 1 is 1.07 bits per heavy atom. The highest BCUT2D eigenvalue weighted by Crippen LogP contribution is 2.37. The highest BCUT2D eigenvalue weighted by Gasteiger charge is 2.40. The van der Waals surface area contributed by atoms with Gasteiger partial charge in [0, 0.05) is 30.9 Å². The van der Waals surface area contributed by atoms with Gasteiger partial charge in [-0.2, -0.15) is 9.29 Å². The minimum Gasteiger partial charge on any atom is -0.497 e. The largest absolute Gasteiger partial charge is 0.497 e. The number of methoxy groups -OCH3 is 1. The predicted octanol–water partition coefficient (Wildman–Crippen LogP) is 3.50. The van der Waals surface area contributed by atoms with Gasteiger partial charge < -0.3 is 20.1 Å². The van der Waals surface area contributed by atoms with E-state index in [2.05, 4.69) is 64.2 Å². The third-order valence-corrected chi connectivity index (χ3v) is 11.1. The average Bonchev–Trinajstić information content (AvgIpc) is 2.97. The van der Waals surface area contributed by atoms with Crippen molar-refractivity contribution < 1.29 is 17.9 Å². The molecule has 11 heteroatoms. The molecule has 3 heterocycles. The lowest BCUT2D eigenvalue weighted by atomic mass is 9.79. The number of rotatable bonds is 11. The summed E-state index contributed by atoms with van der Waals surface area (Å²) in [5.74, 6) is 0.638. The molecule has 232 valence electrons. The van der Waals surface area contributed by atoms with Crippen LogP contribution in [0.1, 0.15) is 47.7 Å². The summed E-state index contributed by atoms with van der Waals surface area (Å²) in [6.07, 6.45) is 4.23. The molecule has 1 aromatic heterocycles. The van der Waals surface area contributed by atoms with Crippen LogP contribution in [0.5, 0.6) is 11.8 Å². The average molecular weight is 609 g/mol. The SMILES string of the molecule is COc1cc(C)c(S(=O)(=O)N2CC(Oc3nccc(C(N)CCN4CCC(c5ccccc5)(N(C)C)CC4)n3)C2)c(C)c1. The first-order valence-electron chi connectivity index (χ1n) is 14.9. The number of ether oxygens (including phenoxy) is 2.